The van der Waals surface area contributed by atoms with Gasteiger partial charge in [-0.05, 0) is 29.1 Å². The summed E-state index contributed by atoms with van der Waals surface area (Å²) in [4.78, 5) is 35.7. The van der Waals surface area contributed by atoms with Crippen LogP contribution < -0.4 is 5.32 Å². The third-order valence-electron chi connectivity index (χ3n) is 6.11. The van der Waals surface area contributed by atoms with Crippen molar-refractivity contribution in [1.82, 2.24) is 24.5 Å². The van der Waals surface area contributed by atoms with Crippen LogP contribution in [0.25, 0.3) is 5.65 Å². The normalized spacial score (nSPS) is 15.4. The molecule has 1 saturated heterocycles. The van der Waals surface area contributed by atoms with E-state index in [9.17, 15) is 9.59 Å². The Morgan fingerprint density at radius 3 is 2.50 bits per heavy atom. The highest BCUT2D eigenvalue weighted by atomic mass is 32.1. The first kappa shape index (κ1) is 22.3. The standard InChI is InChI=1S/C26H27N5O2S/c32-25(23-9-6-16-34-23)28-22(17-20-7-2-1-3-8-20)26(33)30-14-12-29(13-15-30)18-21-19-31-11-5-4-10-24(31)27-21/h1-11,16,19,22H,12-15,17-18H2,(H,28,32). The molecule has 174 valence electrons. The van der Waals surface area contributed by atoms with Crippen molar-refractivity contribution >= 4 is 28.8 Å². The zero-order valence-corrected chi connectivity index (χ0v) is 19.7. The first-order chi connectivity index (χ1) is 16.7. The summed E-state index contributed by atoms with van der Waals surface area (Å²) < 4.78 is 2.03. The average molecular weight is 474 g/mol. The number of hydrogen-bond donors (Lipinski definition) is 1. The highest BCUT2D eigenvalue weighted by Crippen LogP contribution is 2.14. The molecule has 0 bridgehead atoms. The number of nitrogens with one attached hydrogen (secondary N) is 1. The molecule has 1 aliphatic rings. The molecular weight excluding hydrogens is 446 g/mol. The molecule has 1 atom stereocenters. The molecule has 0 radical (unpaired) electrons. The molecule has 1 fully saturated rings. The van der Waals surface area contributed by atoms with Gasteiger partial charge in [0, 0.05) is 51.5 Å². The number of imidazole rings is 1. The van der Waals surface area contributed by atoms with Gasteiger partial charge in [-0.2, -0.15) is 0 Å². The molecule has 3 aromatic heterocycles. The van der Waals surface area contributed by atoms with Crippen LogP contribution in [0.15, 0.2) is 78.4 Å². The summed E-state index contributed by atoms with van der Waals surface area (Å²) in [7, 11) is 0. The van der Waals surface area contributed by atoms with Crippen molar-refractivity contribution in [2.24, 2.45) is 0 Å². The number of amides is 2. The molecule has 5 rings (SSSR count). The van der Waals surface area contributed by atoms with Crippen LogP contribution in [0, 0.1) is 0 Å². The lowest BCUT2D eigenvalue weighted by molar-refractivity contribution is -0.135. The quantitative estimate of drug-likeness (QED) is 0.448. The first-order valence-corrected chi connectivity index (χ1v) is 12.4. The highest BCUT2D eigenvalue weighted by molar-refractivity contribution is 7.12. The second-order valence-electron chi connectivity index (χ2n) is 8.49. The van der Waals surface area contributed by atoms with Gasteiger partial charge in [-0.1, -0.05) is 42.5 Å². The van der Waals surface area contributed by atoms with Gasteiger partial charge in [0.15, 0.2) is 0 Å². The van der Waals surface area contributed by atoms with E-state index in [0.29, 0.717) is 24.4 Å². The number of rotatable bonds is 7. The van der Waals surface area contributed by atoms with E-state index < -0.39 is 6.04 Å². The number of piperazine rings is 1. The maximum absolute atomic E-state index is 13.5. The van der Waals surface area contributed by atoms with E-state index in [2.05, 4.69) is 21.4 Å². The van der Waals surface area contributed by atoms with Crippen molar-refractivity contribution in [3.05, 3.63) is 94.6 Å². The highest BCUT2D eigenvalue weighted by Gasteiger charge is 2.29. The Morgan fingerprint density at radius 2 is 1.76 bits per heavy atom. The van der Waals surface area contributed by atoms with Gasteiger partial charge < -0.3 is 14.6 Å². The minimum absolute atomic E-state index is 0.0267. The van der Waals surface area contributed by atoms with E-state index in [1.165, 1.54) is 11.3 Å². The largest absolute Gasteiger partial charge is 0.339 e. The molecule has 4 aromatic rings. The zero-order valence-electron chi connectivity index (χ0n) is 18.8. The van der Waals surface area contributed by atoms with Gasteiger partial charge in [0.1, 0.15) is 11.7 Å². The van der Waals surface area contributed by atoms with Gasteiger partial charge in [0.2, 0.25) is 5.91 Å². The number of benzene rings is 1. The van der Waals surface area contributed by atoms with Crippen molar-refractivity contribution in [2.75, 3.05) is 26.2 Å². The number of pyridine rings is 1. The molecule has 7 nitrogen and oxygen atoms in total. The van der Waals surface area contributed by atoms with Crippen molar-refractivity contribution in [3.8, 4) is 0 Å². The smallest absolute Gasteiger partial charge is 0.262 e. The fourth-order valence-corrected chi connectivity index (χ4v) is 4.95. The van der Waals surface area contributed by atoms with Gasteiger partial charge in [0.25, 0.3) is 5.91 Å². The van der Waals surface area contributed by atoms with Crippen LogP contribution in [0.2, 0.25) is 0 Å². The van der Waals surface area contributed by atoms with E-state index in [-0.39, 0.29) is 11.8 Å². The van der Waals surface area contributed by atoms with Gasteiger partial charge in [0.05, 0.1) is 10.6 Å². The maximum atomic E-state index is 13.5. The summed E-state index contributed by atoms with van der Waals surface area (Å²) in [5.74, 6) is -0.226. The van der Waals surface area contributed by atoms with E-state index in [4.69, 9.17) is 0 Å². The minimum atomic E-state index is -0.595. The molecule has 0 aliphatic carbocycles. The Bertz CT molecular complexity index is 1210. The summed E-state index contributed by atoms with van der Waals surface area (Å²) in [6.45, 7) is 3.57. The predicted molar refractivity (Wildman–Crippen MR) is 133 cm³/mol. The zero-order chi connectivity index (χ0) is 23.3. The van der Waals surface area contributed by atoms with E-state index in [0.717, 1.165) is 36.5 Å². The number of carbonyl (C=O) groups excluding carboxylic acids is 2. The van der Waals surface area contributed by atoms with Gasteiger partial charge >= 0.3 is 0 Å². The fraction of sp³-hybridized carbons (Fsp3) is 0.269. The molecule has 4 heterocycles. The van der Waals surface area contributed by atoms with E-state index in [1.807, 2.05) is 75.5 Å². The molecule has 1 aromatic carbocycles. The number of fused-ring (bicyclic) bond motifs is 1. The van der Waals surface area contributed by atoms with Gasteiger partial charge in [-0.15, -0.1) is 11.3 Å². The number of carbonyl (C=O) groups is 2. The fourth-order valence-electron chi connectivity index (χ4n) is 4.33. The molecule has 2 amide bonds. The number of nitrogens with zero attached hydrogens (tertiary/aromatic N) is 4. The Kier molecular flexibility index (Phi) is 6.69. The van der Waals surface area contributed by atoms with Crippen molar-refractivity contribution in [3.63, 3.8) is 0 Å². The average Bonchev–Trinajstić information content (AvgIpc) is 3.54. The third kappa shape index (κ3) is 5.18. The van der Waals surface area contributed by atoms with E-state index >= 15 is 0 Å². The molecule has 1 aliphatic heterocycles. The lowest BCUT2D eigenvalue weighted by Crippen LogP contribution is -2.55. The topological polar surface area (TPSA) is 70.0 Å². The molecule has 8 heteroatoms. The molecule has 0 spiro atoms. The summed E-state index contributed by atoms with van der Waals surface area (Å²) in [6, 6.07) is 18.8. The van der Waals surface area contributed by atoms with Crippen LogP contribution in [-0.4, -0.2) is 63.2 Å². The number of aromatic nitrogens is 2. The van der Waals surface area contributed by atoms with Crippen molar-refractivity contribution in [1.29, 1.82) is 0 Å². The van der Waals surface area contributed by atoms with E-state index in [1.54, 1.807) is 6.07 Å². The lowest BCUT2D eigenvalue weighted by Gasteiger charge is -2.36. The predicted octanol–water partition coefficient (Wildman–Crippen LogP) is 3.08. The van der Waals surface area contributed by atoms with Crippen LogP contribution in [0.4, 0.5) is 0 Å². The summed E-state index contributed by atoms with van der Waals surface area (Å²) in [6.07, 6.45) is 4.53. The summed E-state index contributed by atoms with van der Waals surface area (Å²) >= 11 is 1.38. The monoisotopic (exact) mass is 473 g/mol. The number of hydrogen-bond acceptors (Lipinski definition) is 5. The maximum Gasteiger partial charge on any atom is 0.262 e. The van der Waals surface area contributed by atoms with Gasteiger partial charge in [-0.25, -0.2) is 4.98 Å². The lowest BCUT2D eigenvalue weighted by atomic mass is 10.0. The molecular formula is C26H27N5O2S. The van der Waals surface area contributed by atoms with Crippen LogP contribution in [-0.2, 0) is 17.8 Å². The minimum Gasteiger partial charge on any atom is -0.339 e. The SMILES string of the molecule is O=C(NC(Cc1ccccc1)C(=O)N1CCN(Cc2cn3ccccc3n2)CC1)c1cccs1. The van der Waals surface area contributed by atoms with Crippen LogP contribution in [0.5, 0.6) is 0 Å². The molecule has 1 unspecified atom stereocenters. The number of thiophene rings is 1. The first-order valence-electron chi connectivity index (χ1n) is 11.5. The Hall–Kier alpha value is -3.49. The van der Waals surface area contributed by atoms with Crippen LogP contribution in [0.1, 0.15) is 20.9 Å². The van der Waals surface area contributed by atoms with Gasteiger partial charge in [-0.3, -0.25) is 14.5 Å². The second-order valence-corrected chi connectivity index (χ2v) is 9.44. The molecule has 1 N–H and O–H groups in total. The van der Waals surface area contributed by atoms with Crippen molar-refractivity contribution < 1.29 is 9.59 Å². The second kappa shape index (κ2) is 10.2. The third-order valence-corrected chi connectivity index (χ3v) is 6.98. The van der Waals surface area contributed by atoms with Crippen LogP contribution >= 0.6 is 11.3 Å². The van der Waals surface area contributed by atoms with Crippen LogP contribution in [0.3, 0.4) is 0 Å². The summed E-state index contributed by atoms with van der Waals surface area (Å²) in [5.41, 5.74) is 2.99. The molecule has 34 heavy (non-hydrogen) atoms. The Morgan fingerprint density at radius 1 is 0.971 bits per heavy atom. The Labute approximate surface area is 202 Å². The summed E-state index contributed by atoms with van der Waals surface area (Å²) in [5, 5.41) is 4.85. The Balaban J connectivity index is 1.22. The molecule has 0 saturated carbocycles. The van der Waals surface area contributed by atoms with Crippen molar-refractivity contribution in [2.45, 2.75) is 19.0 Å².